The second-order valence-corrected chi connectivity index (χ2v) is 7.07. The van der Waals surface area contributed by atoms with Crippen molar-refractivity contribution < 1.29 is 18.0 Å². The van der Waals surface area contributed by atoms with Gasteiger partial charge in [0.25, 0.3) is 0 Å². The van der Waals surface area contributed by atoms with Gasteiger partial charge < -0.3 is 18.0 Å². The molecule has 1 rings (SSSR count). The third kappa shape index (κ3) is 4.15. The zero-order valence-electron chi connectivity index (χ0n) is 12.9. The molecule has 0 aliphatic heterocycles. The van der Waals surface area contributed by atoms with Gasteiger partial charge in [-0.25, -0.2) is 0 Å². The van der Waals surface area contributed by atoms with Crippen LogP contribution in [-0.4, -0.2) is 15.9 Å². The molecule has 0 aliphatic rings. The summed E-state index contributed by atoms with van der Waals surface area (Å²) in [7, 11) is -1.66. The summed E-state index contributed by atoms with van der Waals surface area (Å²) >= 11 is 0. The van der Waals surface area contributed by atoms with Crippen molar-refractivity contribution in [2.45, 2.75) is 26.3 Å². The molecule has 0 N–H and O–H groups in total. The maximum atomic E-state index is 5.36. The van der Waals surface area contributed by atoms with Crippen molar-refractivity contribution in [2.24, 2.45) is 0 Å². The summed E-state index contributed by atoms with van der Waals surface area (Å²) in [6.45, 7) is 3.97. The van der Waals surface area contributed by atoms with Crippen LogP contribution < -0.4 is 4.74 Å². The van der Waals surface area contributed by atoms with Crippen LogP contribution in [0.15, 0.2) is 12.1 Å². The van der Waals surface area contributed by atoms with Gasteiger partial charge in [0.05, 0.1) is 31.5 Å². The molecule has 0 amide bonds. The largest absolute Gasteiger partial charge is 0.725 e. The molecule has 0 saturated carbocycles. The minimum absolute atomic E-state index is 0.360. The third-order valence-corrected chi connectivity index (χ3v) is 5.32. The highest BCUT2D eigenvalue weighted by Crippen LogP contribution is 2.27. The van der Waals surface area contributed by atoms with Gasteiger partial charge in [0.1, 0.15) is 5.75 Å². The van der Waals surface area contributed by atoms with Crippen molar-refractivity contribution in [1.29, 1.82) is 0 Å². The fourth-order valence-corrected chi connectivity index (χ4v) is 3.69. The molecule has 0 unspecified atom stereocenters. The minimum Gasteiger partial charge on any atom is -0.496 e. The molecule has 0 aliphatic carbocycles. The number of terminal acetylenes is 3. The molecule has 0 spiro atoms. The average molecular weight is 314 g/mol. The second kappa shape index (κ2) is 7.93. The molecule has 4 nitrogen and oxygen atoms in total. The molecule has 5 heteroatoms. The molecule has 1 aromatic rings. The van der Waals surface area contributed by atoms with Crippen LogP contribution in [-0.2, 0) is 19.7 Å². The van der Waals surface area contributed by atoms with Crippen molar-refractivity contribution in [1.82, 2.24) is 0 Å². The average Bonchev–Trinajstić information content (AvgIpc) is 2.48. The van der Waals surface area contributed by atoms with E-state index in [0.717, 1.165) is 22.4 Å². The Morgan fingerprint density at radius 3 is 2.00 bits per heavy atom. The molecule has 0 bridgehead atoms. The van der Waals surface area contributed by atoms with Gasteiger partial charge in [-0.05, 0) is 43.0 Å². The topological polar surface area (TPSA) is 36.9 Å². The maximum absolute atomic E-state index is 5.36. The van der Waals surface area contributed by atoms with E-state index < -0.39 is 8.80 Å². The molecule has 0 saturated heterocycles. The Balaban J connectivity index is 3.04. The standard InChI is InChI=1S/C17H18O4Si/c1-7-19-22(20-8-2,21-9-3)11-10-16-12-14(4)13-17(18-6)15(16)5/h1-3,12-13H,10-11H2,4-6H3. The van der Waals surface area contributed by atoms with E-state index in [1.54, 1.807) is 7.11 Å². The molecular formula is C17H18O4Si. The van der Waals surface area contributed by atoms with Crippen LogP contribution in [0, 0.1) is 51.4 Å². The summed E-state index contributed by atoms with van der Waals surface area (Å²) in [5.74, 6) is 0.816. The van der Waals surface area contributed by atoms with Gasteiger partial charge in [-0.15, -0.1) is 0 Å². The Morgan fingerprint density at radius 2 is 1.55 bits per heavy atom. The zero-order valence-corrected chi connectivity index (χ0v) is 13.9. The summed E-state index contributed by atoms with van der Waals surface area (Å²) in [6.07, 6.45) is 22.3. The summed E-state index contributed by atoms with van der Waals surface area (Å²) in [6, 6.07) is 4.38. The number of rotatable bonds is 7. The number of ether oxygens (including phenoxy) is 1. The molecule has 1 aromatic carbocycles. The Hall–Kier alpha value is -2.68. The zero-order chi connectivity index (χ0) is 16.6. The van der Waals surface area contributed by atoms with Gasteiger partial charge in [-0.1, -0.05) is 25.3 Å². The molecule has 0 atom stereocenters. The van der Waals surface area contributed by atoms with Gasteiger partial charge >= 0.3 is 8.80 Å². The van der Waals surface area contributed by atoms with Crippen molar-refractivity contribution in [2.75, 3.05) is 7.11 Å². The first-order chi connectivity index (χ1) is 10.5. The normalized spacial score (nSPS) is 9.82. The lowest BCUT2D eigenvalue weighted by molar-refractivity contribution is 0.212. The molecule has 0 radical (unpaired) electrons. The fourth-order valence-electron chi connectivity index (χ4n) is 2.14. The first-order valence-corrected chi connectivity index (χ1v) is 8.50. The van der Waals surface area contributed by atoms with Gasteiger partial charge in [0.15, 0.2) is 0 Å². The molecule has 22 heavy (non-hydrogen) atoms. The molecular weight excluding hydrogens is 296 g/mol. The van der Waals surface area contributed by atoms with Crippen LogP contribution in [0.1, 0.15) is 16.7 Å². The van der Waals surface area contributed by atoms with Crippen molar-refractivity contribution in [3.05, 3.63) is 28.8 Å². The minimum atomic E-state index is -3.30. The van der Waals surface area contributed by atoms with E-state index in [1.807, 2.05) is 19.9 Å². The van der Waals surface area contributed by atoms with Gasteiger partial charge in [-0.2, -0.15) is 0 Å². The first kappa shape index (κ1) is 17.4. The Kier molecular flexibility index (Phi) is 6.26. The van der Waals surface area contributed by atoms with Crippen LogP contribution >= 0.6 is 0 Å². The maximum Gasteiger partial charge on any atom is 0.725 e. The Labute approximate surface area is 133 Å². The molecule has 0 fully saturated rings. The number of benzene rings is 1. The Bertz CT molecular complexity index is 606. The number of hydrogen-bond acceptors (Lipinski definition) is 4. The lowest BCUT2D eigenvalue weighted by atomic mass is 10.0. The van der Waals surface area contributed by atoms with Gasteiger partial charge in [-0.3, -0.25) is 0 Å². The number of hydrogen-bond donors (Lipinski definition) is 0. The number of methoxy groups -OCH3 is 1. The SMILES string of the molecule is C#CO[Si](CCc1cc(C)cc(OC)c1C)(OC#C)OC#C. The molecule has 114 valence electrons. The highest BCUT2D eigenvalue weighted by Gasteiger charge is 2.48. The van der Waals surface area contributed by atoms with Crippen LogP contribution in [0.25, 0.3) is 0 Å². The first-order valence-electron chi connectivity index (χ1n) is 6.56. The molecule has 0 aromatic heterocycles. The second-order valence-electron chi connectivity index (χ2n) is 4.59. The van der Waals surface area contributed by atoms with E-state index in [-0.39, 0.29) is 0 Å². The van der Waals surface area contributed by atoms with E-state index in [0.29, 0.717) is 12.5 Å². The monoisotopic (exact) mass is 314 g/mol. The van der Waals surface area contributed by atoms with Crippen LogP contribution in [0.3, 0.4) is 0 Å². The highest BCUT2D eigenvalue weighted by atomic mass is 28.4. The molecule has 0 heterocycles. The van der Waals surface area contributed by atoms with Gasteiger partial charge in [0, 0.05) is 0 Å². The van der Waals surface area contributed by atoms with Crippen LogP contribution in [0.5, 0.6) is 5.75 Å². The van der Waals surface area contributed by atoms with Crippen molar-refractivity contribution in [3.63, 3.8) is 0 Å². The quantitative estimate of drug-likeness (QED) is 0.573. The van der Waals surface area contributed by atoms with Crippen molar-refractivity contribution >= 4 is 8.80 Å². The lowest BCUT2D eigenvalue weighted by Crippen LogP contribution is -2.42. The smallest absolute Gasteiger partial charge is 0.496 e. The lowest BCUT2D eigenvalue weighted by Gasteiger charge is -2.21. The van der Waals surface area contributed by atoms with E-state index in [1.165, 1.54) is 0 Å². The van der Waals surface area contributed by atoms with E-state index in [9.17, 15) is 0 Å². The van der Waals surface area contributed by atoms with Crippen LogP contribution in [0.4, 0.5) is 0 Å². The summed E-state index contributed by atoms with van der Waals surface area (Å²) in [5.41, 5.74) is 3.17. The predicted molar refractivity (Wildman–Crippen MR) is 86.5 cm³/mol. The third-order valence-electron chi connectivity index (χ3n) is 3.18. The fraction of sp³-hybridized carbons (Fsp3) is 0.294. The summed E-state index contributed by atoms with van der Waals surface area (Å²) in [5, 5.41) is 0. The van der Waals surface area contributed by atoms with E-state index in [4.69, 9.17) is 37.3 Å². The van der Waals surface area contributed by atoms with E-state index in [2.05, 4.69) is 24.4 Å². The highest BCUT2D eigenvalue weighted by molar-refractivity contribution is 6.61. The predicted octanol–water partition coefficient (Wildman–Crippen LogP) is 2.62. The van der Waals surface area contributed by atoms with Crippen LogP contribution in [0.2, 0.25) is 6.04 Å². The van der Waals surface area contributed by atoms with E-state index >= 15 is 0 Å². The summed E-state index contributed by atoms with van der Waals surface area (Å²) in [4.78, 5) is 0. The Morgan fingerprint density at radius 1 is 1.00 bits per heavy atom. The number of aryl methyl sites for hydroxylation is 2. The van der Waals surface area contributed by atoms with Crippen molar-refractivity contribution in [3.8, 4) is 43.3 Å². The van der Waals surface area contributed by atoms with Gasteiger partial charge in [0.2, 0.25) is 0 Å². The summed E-state index contributed by atoms with van der Waals surface area (Å²) < 4.78 is 20.9.